The highest BCUT2D eigenvalue weighted by Crippen LogP contribution is 2.05. The molecule has 40 valence electrons. The lowest BCUT2D eigenvalue weighted by Gasteiger charge is -2.25. The zero-order valence-electron chi connectivity index (χ0n) is 3.57. The van der Waals surface area contributed by atoms with Crippen LogP contribution < -0.4 is 0 Å². The Labute approximate surface area is 40.8 Å². The first-order valence-electron chi connectivity index (χ1n) is 1.90. The molecule has 0 radical (unpaired) electrons. The van der Waals surface area contributed by atoms with Gasteiger partial charge in [0.1, 0.15) is 0 Å². The van der Waals surface area contributed by atoms with Gasteiger partial charge in [0.25, 0.3) is 0 Å². The summed E-state index contributed by atoms with van der Waals surface area (Å²) < 4.78 is 8.94. The van der Waals surface area contributed by atoms with Crippen LogP contribution in [0.25, 0.3) is 0 Å². The predicted molar refractivity (Wildman–Crippen MR) is 21.0 cm³/mol. The summed E-state index contributed by atoms with van der Waals surface area (Å²) in [6, 6.07) is 0. The average Bonchev–Trinajstić information content (AvgIpc) is 1.23. The molecule has 1 fully saturated rings. The molecule has 4 nitrogen and oxygen atoms in total. The van der Waals surface area contributed by atoms with Crippen molar-refractivity contribution >= 4 is 7.12 Å². The minimum Gasteiger partial charge on any atom is -0.424 e. The third-order valence-corrected chi connectivity index (χ3v) is 0.708. The number of ether oxygens (including phenoxy) is 2. The van der Waals surface area contributed by atoms with Crippen LogP contribution >= 0.6 is 0 Å². The van der Waals surface area contributed by atoms with Gasteiger partial charge in [0.2, 0.25) is 0 Å². The molecule has 1 aliphatic heterocycles. The number of rotatable bonds is 1. The van der Waals surface area contributed by atoms with E-state index in [4.69, 9.17) is 10.0 Å². The molecule has 1 saturated heterocycles. The Morgan fingerprint density at radius 3 is 2.00 bits per heavy atom. The predicted octanol–water partition coefficient (Wildman–Crippen LogP) is -1.67. The second-order valence-corrected chi connectivity index (χ2v) is 1.23. The van der Waals surface area contributed by atoms with Gasteiger partial charge in [0.15, 0.2) is 13.0 Å². The zero-order valence-corrected chi connectivity index (χ0v) is 3.57. The summed E-state index contributed by atoms with van der Waals surface area (Å²) in [5, 5.41) is 16.4. The van der Waals surface area contributed by atoms with Crippen molar-refractivity contribution in [2.24, 2.45) is 0 Å². The van der Waals surface area contributed by atoms with E-state index in [9.17, 15) is 0 Å². The van der Waals surface area contributed by atoms with Crippen molar-refractivity contribution < 1.29 is 19.5 Å². The van der Waals surface area contributed by atoms with E-state index in [0.29, 0.717) is 0 Å². The van der Waals surface area contributed by atoms with E-state index in [0.717, 1.165) is 0 Å². The molecular weight excluding hydrogens is 98.8 g/mol. The smallest absolute Gasteiger partial charge is 0.424 e. The van der Waals surface area contributed by atoms with Gasteiger partial charge in [-0.15, -0.1) is 0 Å². The highest BCUT2D eigenvalue weighted by atomic mass is 16.9. The molecule has 2 N–H and O–H groups in total. The first-order chi connectivity index (χ1) is 3.30. The van der Waals surface area contributed by atoms with Gasteiger partial charge in [0, 0.05) is 0 Å². The van der Waals surface area contributed by atoms with Crippen LogP contribution in [0, 0.1) is 0 Å². The Balaban J connectivity index is 2.14. The summed E-state index contributed by atoms with van der Waals surface area (Å²) in [6.07, 6.45) is -0.806. The SMILES string of the molecule is OB(O)C1OCO1. The average molecular weight is 104 g/mol. The van der Waals surface area contributed by atoms with Gasteiger partial charge in [-0.3, -0.25) is 0 Å². The molecule has 5 heteroatoms. The Kier molecular flexibility index (Phi) is 1.29. The van der Waals surface area contributed by atoms with Crippen LogP contribution in [0.4, 0.5) is 0 Å². The van der Waals surface area contributed by atoms with Gasteiger partial charge in [0.05, 0.1) is 0 Å². The minimum absolute atomic E-state index is 0.169. The summed E-state index contributed by atoms with van der Waals surface area (Å²) in [5.74, 6) is 0. The summed E-state index contributed by atoms with van der Waals surface area (Å²) in [4.78, 5) is 0. The molecule has 0 aromatic rings. The lowest BCUT2D eigenvalue weighted by atomic mass is 9.90. The summed E-state index contributed by atoms with van der Waals surface area (Å²) in [6.45, 7) is 0.169. The molecule has 0 amide bonds. The van der Waals surface area contributed by atoms with Crippen LogP contribution in [0.1, 0.15) is 0 Å². The molecule has 1 rings (SSSR count). The fraction of sp³-hybridized carbons (Fsp3) is 1.00. The van der Waals surface area contributed by atoms with E-state index in [-0.39, 0.29) is 6.79 Å². The molecule has 1 aliphatic rings. The Bertz CT molecular complexity index is 60.7. The maximum atomic E-state index is 8.18. The quantitative estimate of drug-likeness (QED) is 0.390. The van der Waals surface area contributed by atoms with E-state index in [1.54, 1.807) is 0 Å². The van der Waals surface area contributed by atoms with Gasteiger partial charge < -0.3 is 19.5 Å². The molecule has 0 saturated carbocycles. The molecular formula is C2H5BO4. The Morgan fingerprint density at radius 2 is 2.00 bits per heavy atom. The van der Waals surface area contributed by atoms with Crippen molar-refractivity contribution in [2.75, 3.05) is 6.79 Å². The van der Waals surface area contributed by atoms with Crippen molar-refractivity contribution in [3.63, 3.8) is 0 Å². The third-order valence-electron chi connectivity index (χ3n) is 0.708. The number of hydrogen-bond donors (Lipinski definition) is 2. The molecule has 0 aromatic carbocycles. The lowest BCUT2D eigenvalue weighted by Crippen LogP contribution is -2.44. The van der Waals surface area contributed by atoms with E-state index in [2.05, 4.69) is 9.47 Å². The molecule has 0 aromatic heterocycles. The fourth-order valence-electron chi connectivity index (χ4n) is 0.319. The van der Waals surface area contributed by atoms with Gasteiger partial charge in [-0.05, 0) is 0 Å². The number of hydrogen-bond acceptors (Lipinski definition) is 4. The molecule has 0 spiro atoms. The normalized spacial score (nSPS) is 21.4. The monoisotopic (exact) mass is 104 g/mol. The van der Waals surface area contributed by atoms with Gasteiger partial charge in [-0.25, -0.2) is 0 Å². The fourth-order valence-corrected chi connectivity index (χ4v) is 0.319. The second kappa shape index (κ2) is 1.79. The van der Waals surface area contributed by atoms with Crippen LogP contribution in [0.2, 0.25) is 0 Å². The molecule has 0 aliphatic carbocycles. The first-order valence-corrected chi connectivity index (χ1v) is 1.90. The van der Waals surface area contributed by atoms with Crippen molar-refractivity contribution in [1.82, 2.24) is 0 Å². The molecule has 0 unspecified atom stereocenters. The van der Waals surface area contributed by atoms with E-state index < -0.39 is 13.3 Å². The van der Waals surface area contributed by atoms with Crippen LogP contribution in [0.5, 0.6) is 0 Å². The highest BCUT2D eigenvalue weighted by molar-refractivity contribution is 6.42. The van der Waals surface area contributed by atoms with E-state index in [1.165, 1.54) is 0 Å². The first kappa shape index (κ1) is 5.05. The van der Waals surface area contributed by atoms with Crippen molar-refractivity contribution in [3.05, 3.63) is 0 Å². The zero-order chi connectivity index (χ0) is 5.28. The molecule has 7 heavy (non-hydrogen) atoms. The van der Waals surface area contributed by atoms with Crippen molar-refractivity contribution in [1.29, 1.82) is 0 Å². The molecule has 0 atom stereocenters. The summed E-state index contributed by atoms with van der Waals surface area (Å²) >= 11 is 0. The van der Waals surface area contributed by atoms with Crippen molar-refractivity contribution in [2.45, 2.75) is 6.19 Å². The highest BCUT2D eigenvalue weighted by Gasteiger charge is 2.31. The largest absolute Gasteiger partial charge is 0.511 e. The maximum Gasteiger partial charge on any atom is 0.511 e. The lowest BCUT2D eigenvalue weighted by molar-refractivity contribution is -0.289. The van der Waals surface area contributed by atoms with Crippen LogP contribution in [0.15, 0.2) is 0 Å². The van der Waals surface area contributed by atoms with Crippen LogP contribution in [-0.2, 0) is 9.47 Å². The maximum absolute atomic E-state index is 8.18. The standard InChI is InChI=1S/C2H5BO4/c4-3(5)2-6-1-7-2/h2,4-5H,1H2. The molecule has 0 bridgehead atoms. The summed E-state index contributed by atoms with van der Waals surface area (Å²) in [7, 11) is -1.49. The van der Waals surface area contributed by atoms with Crippen molar-refractivity contribution in [3.8, 4) is 0 Å². The second-order valence-electron chi connectivity index (χ2n) is 1.23. The van der Waals surface area contributed by atoms with Gasteiger partial charge in [-0.2, -0.15) is 0 Å². The van der Waals surface area contributed by atoms with Gasteiger partial charge in [-0.1, -0.05) is 0 Å². The van der Waals surface area contributed by atoms with E-state index in [1.807, 2.05) is 0 Å². The molecule has 1 heterocycles. The van der Waals surface area contributed by atoms with E-state index >= 15 is 0 Å². The Hall–Kier alpha value is -0.0951. The van der Waals surface area contributed by atoms with Crippen LogP contribution in [-0.4, -0.2) is 30.1 Å². The van der Waals surface area contributed by atoms with Crippen LogP contribution in [0.3, 0.4) is 0 Å². The Morgan fingerprint density at radius 1 is 1.43 bits per heavy atom. The van der Waals surface area contributed by atoms with Gasteiger partial charge >= 0.3 is 7.12 Å². The topological polar surface area (TPSA) is 58.9 Å². The minimum atomic E-state index is -1.49. The summed E-state index contributed by atoms with van der Waals surface area (Å²) in [5.41, 5.74) is 0. The third kappa shape index (κ3) is 0.918.